The second kappa shape index (κ2) is 8.19. The number of hydrogen-bond donors (Lipinski definition) is 2. The van der Waals surface area contributed by atoms with Crippen molar-refractivity contribution in [3.8, 4) is 0 Å². The predicted octanol–water partition coefficient (Wildman–Crippen LogP) is 4.45. The monoisotopic (exact) mass is 386 g/mol. The van der Waals surface area contributed by atoms with Crippen LogP contribution in [0.25, 0.3) is 21.7 Å². The van der Waals surface area contributed by atoms with Crippen LogP contribution in [0.3, 0.4) is 0 Å². The molecule has 3 aromatic carbocycles. The van der Waals surface area contributed by atoms with Crippen LogP contribution in [0.4, 0.5) is 5.69 Å². The standard InChI is InChI=1S/C24H22N2O3/c1-2-16-7-4-6-10-20(16)26-23(28)14-25-22(27)13-18-15-29-21-12-11-17-8-3-5-9-19(17)24(18)21/h3-12,15H,2,13-14H2,1H3,(H,25,27)(H,26,28). The highest BCUT2D eigenvalue weighted by atomic mass is 16.3. The van der Waals surface area contributed by atoms with Crippen LogP contribution in [0.2, 0.25) is 0 Å². The Labute approximate surface area is 168 Å². The van der Waals surface area contributed by atoms with Crippen molar-refractivity contribution in [2.24, 2.45) is 0 Å². The molecule has 146 valence electrons. The SMILES string of the molecule is CCc1ccccc1NC(=O)CNC(=O)Cc1coc2ccc3ccccc3c12. The molecule has 29 heavy (non-hydrogen) atoms. The molecule has 1 aromatic heterocycles. The van der Waals surface area contributed by atoms with Gasteiger partial charge in [-0.3, -0.25) is 9.59 Å². The van der Waals surface area contributed by atoms with Crippen molar-refractivity contribution in [1.29, 1.82) is 0 Å². The molecule has 4 rings (SSSR count). The Bertz CT molecular complexity index is 1190. The predicted molar refractivity (Wildman–Crippen MR) is 115 cm³/mol. The largest absolute Gasteiger partial charge is 0.464 e. The highest BCUT2D eigenvalue weighted by Crippen LogP contribution is 2.30. The van der Waals surface area contributed by atoms with Crippen LogP contribution in [0.15, 0.2) is 71.3 Å². The first kappa shape index (κ1) is 18.7. The molecule has 0 saturated heterocycles. The van der Waals surface area contributed by atoms with Crippen LogP contribution >= 0.6 is 0 Å². The molecule has 1 heterocycles. The molecule has 0 saturated carbocycles. The van der Waals surface area contributed by atoms with Crippen molar-refractivity contribution in [3.05, 3.63) is 78.1 Å². The Hall–Kier alpha value is -3.60. The van der Waals surface area contributed by atoms with Crippen molar-refractivity contribution in [3.63, 3.8) is 0 Å². The third-order valence-corrected chi connectivity index (χ3v) is 5.01. The summed E-state index contributed by atoms with van der Waals surface area (Å²) in [5.74, 6) is -0.471. The van der Waals surface area contributed by atoms with Gasteiger partial charge in [0, 0.05) is 16.6 Å². The summed E-state index contributed by atoms with van der Waals surface area (Å²) < 4.78 is 5.63. The smallest absolute Gasteiger partial charge is 0.243 e. The zero-order chi connectivity index (χ0) is 20.2. The molecule has 0 aliphatic heterocycles. The lowest BCUT2D eigenvalue weighted by atomic mass is 10.0. The maximum absolute atomic E-state index is 12.4. The number of amides is 2. The Balaban J connectivity index is 1.42. The summed E-state index contributed by atoms with van der Waals surface area (Å²) in [6.07, 6.45) is 2.60. The number of para-hydroxylation sites is 1. The van der Waals surface area contributed by atoms with Gasteiger partial charge in [-0.1, -0.05) is 55.5 Å². The van der Waals surface area contributed by atoms with E-state index in [0.717, 1.165) is 45.0 Å². The van der Waals surface area contributed by atoms with E-state index < -0.39 is 0 Å². The molecular formula is C24H22N2O3. The lowest BCUT2D eigenvalue weighted by Gasteiger charge is -2.10. The van der Waals surface area contributed by atoms with Crippen LogP contribution in [0.5, 0.6) is 0 Å². The molecule has 2 N–H and O–H groups in total. The number of carbonyl (C=O) groups is 2. The fourth-order valence-corrected chi connectivity index (χ4v) is 3.56. The summed E-state index contributed by atoms with van der Waals surface area (Å²) in [4.78, 5) is 24.7. The topological polar surface area (TPSA) is 71.3 Å². The fraction of sp³-hybridized carbons (Fsp3) is 0.167. The van der Waals surface area contributed by atoms with Crippen molar-refractivity contribution in [2.45, 2.75) is 19.8 Å². The van der Waals surface area contributed by atoms with Crippen molar-refractivity contribution >= 4 is 39.2 Å². The third-order valence-electron chi connectivity index (χ3n) is 5.01. The van der Waals surface area contributed by atoms with Gasteiger partial charge in [0.2, 0.25) is 11.8 Å². The maximum Gasteiger partial charge on any atom is 0.243 e. The van der Waals surface area contributed by atoms with Gasteiger partial charge >= 0.3 is 0 Å². The molecule has 0 radical (unpaired) electrons. The number of aryl methyl sites for hydroxylation is 1. The third kappa shape index (κ3) is 3.99. The quantitative estimate of drug-likeness (QED) is 0.514. The fourth-order valence-electron chi connectivity index (χ4n) is 3.56. The first-order chi connectivity index (χ1) is 14.2. The molecule has 0 aliphatic carbocycles. The van der Waals surface area contributed by atoms with E-state index in [0.29, 0.717) is 0 Å². The summed E-state index contributed by atoms with van der Waals surface area (Å²) in [6, 6.07) is 19.6. The first-order valence-corrected chi connectivity index (χ1v) is 9.68. The Morgan fingerprint density at radius 1 is 0.897 bits per heavy atom. The normalized spacial score (nSPS) is 10.9. The van der Waals surface area contributed by atoms with Gasteiger partial charge in [0.1, 0.15) is 5.58 Å². The summed E-state index contributed by atoms with van der Waals surface area (Å²) in [7, 11) is 0. The van der Waals surface area contributed by atoms with E-state index in [4.69, 9.17) is 4.42 Å². The average Bonchev–Trinajstić information content (AvgIpc) is 3.16. The number of fused-ring (bicyclic) bond motifs is 3. The summed E-state index contributed by atoms with van der Waals surface area (Å²) >= 11 is 0. The van der Waals surface area contributed by atoms with E-state index in [1.54, 1.807) is 6.26 Å². The second-order valence-corrected chi connectivity index (χ2v) is 6.93. The van der Waals surface area contributed by atoms with Gasteiger partial charge in [0.25, 0.3) is 0 Å². The number of furan rings is 1. The molecule has 0 spiro atoms. The number of anilines is 1. The van der Waals surface area contributed by atoms with Gasteiger partial charge < -0.3 is 15.1 Å². The van der Waals surface area contributed by atoms with Gasteiger partial charge in [-0.2, -0.15) is 0 Å². The highest BCUT2D eigenvalue weighted by Gasteiger charge is 2.14. The minimum absolute atomic E-state index is 0.0760. The van der Waals surface area contributed by atoms with E-state index >= 15 is 0 Å². The van der Waals surface area contributed by atoms with Crippen LogP contribution in [0, 0.1) is 0 Å². The molecular weight excluding hydrogens is 364 g/mol. The Morgan fingerprint density at radius 2 is 1.69 bits per heavy atom. The number of rotatable bonds is 6. The van der Waals surface area contributed by atoms with Crippen molar-refractivity contribution < 1.29 is 14.0 Å². The Kier molecular flexibility index (Phi) is 5.29. The van der Waals surface area contributed by atoms with Gasteiger partial charge in [-0.15, -0.1) is 0 Å². The summed E-state index contributed by atoms with van der Waals surface area (Å²) in [5, 5.41) is 8.65. The summed E-state index contributed by atoms with van der Waals surface area (Å²) in [6.45, 7) is 1.96. The van der Waals surface area contributed by atoms with E-state index in [1.165, 1.54) is 0 Å². The minimum Gasteiger partial charge on any atom is -0.464 e. The number of benzene rings is 3. The van der Waals surface area contributed by atoms with Crippen LogP contribution in [-0.4, -0.2) is 18.4 Å². The first-order valence-electron chi connectivity index (χ1n) is 9.68. The zero-order valence-corrected chi connectivity index (χ0v) is 16.2. The number of hydrogen-bond acceptors (Lipinski definition) is 3. The average molecular weight is 386 g/mol. The molecule has 5 heteroatoms. The van der Waals surface area contributed by atoms with E-state index in [2.05, 4.69) is 10.6 Å². The lowest BCUT2D eigenvalue weighted by molar-refractivity contribution is -0.123. The van der Waals surface area contributed by atoms with E-state index in [9.17, 15) is 9.59 Å². The second-order valence-electron chi connectivity index (χ2n) is 6.93. The van der Waals surface area contributed by atoms with Gasteiger partial charge in [0.15, 0.2) is 0 Å². The van der Waals surface area contributed by atoms with E-state index in [1.807, 2.05) is 67.6 Å². The molecule has 0 unspecified atom stereocenters. The molecule has 2 amide bonds. The number of carbonyl (C=O) groups excluding carboxylic acids is 2. The van der Waals surface area contributed by atoms with E-state index in [-0.39, 0.29) is 24.8 Å². The maximum atomic E-state index is 12.4. The van der Waals surface area contributed by atoms with Crippen LogP contribution in [0.1, 0.15) is 18.1 Å². The van der Waals surface area contributed by atoms with Gasteiger partial charge in [-0.05, 0) is 34.9 Å². The highest BCUT2D eigenvalue weighted by molar-refractivity contribution is 6.08. The van der Waals surface area contributed by atoms with Crippen LogP contribution < -0.4 is 10.6 Å². The molecule has 0 atom stereocenters. The van der Waals surface area contributed by atoms with Crippen molar-refractivity contribution in [1.82, 2.24) is 5.32 Å². The van der Waals surface area contributed by atoms with Gasteiger partial charge in [0.05, 0.1) is 19.2 Å². The summed E-state index contributed by atoms with van der Waals surface area (Å²) in [5.41, 5.74) is 3.40. The van der Waals surface area contributed by atoms with Crippen molar-refractivity contribution in [2.75, 3.05) is 11.9 Å². The lowest BCUT2D eigenvalue weighted by Crippen LogP contribution is -2.33. The number of nitrogens with one attached hydrogen (secondary N) is 2. The zero-order valence-electron chi connectivity index (χ0n) is 16.2. The molecule has 4 aromatic rings. The molecule has 0 fully saturated rings. The molecule has 0 aliphatic rings. The van der Waals surface area contributed by atoms with Crippen LogP contribution in [-0.2, 0) is 22.4 Å². The molecule has 5 nitrogen and oxygen atoms in total. The Morgan fingerprint density at radius 3 is 2.55 bits per heavy atom. The van der Waals surface area contributed by atoms with Gasteiger partial charge in [-0.25, -0.2) is 0 Å². The minimum atomic E-state index is -0.248. The molecule has 0 bridgehead atoms.